The minimum Gasteiger partial charge on any atom is -0.493 e. The zero-order chi connectivity index (χ0) is 21.9. The highest BCUT2D eigenvalue weighted by atomic mass is 32.2. The number of sulfonamides is 1. The minimum atomic E-state index is -3.63. The Bertz CT molecular complexity index is 1190. The van der Waals surface area contributed by atoms with Crippen molar-refractivity contribution in [2.45, 2.75) is 11.8 Å². The lowest BCUT2D eigenvalue weighted by Gasteiger charge is -2.10. The molecular weight excluding hydrogens is 426 g/mol. The molecule has 0 radical (unpaired) electrons. The first kappa shape index (κ1) is 21.8. The lowest BCUT2D eigenvalue weighted by molar-refractivity contribution is 0.102. The average molecular weight is 448 g/mol. The molecule has 2 N–H and O–H groups in total. The summed E-state index contributed by atoms with van der Waals surface area (Å²) in [6, 6.07) is 10.1. The lowest BCUT2D eigenvalue weighted by atomic mass is 10.2. The zero-order valence-electron chi connectivity index (χ0n) is 16.8. The number of thiazole rings is 1. The summed E-state index contributed by atoms with van der Waals surface area (Å²) in [5, 5.41) is 4.98. The molecule has 0 unspecified atom stereocenters. The maximum absolute atomic E-state index is 12.6. The minimum absolute atomic E-state index is 0.104. The van der Waals surface area contributed by atoms with Crippen LogP contribution >= 0.6 is 11.3 Å². The molecule has 3 rings (SSSR count). The summed E-state index contributed by atoms with van der Waals surface area (Å²) in [6.45, 7) is 1.69. The molecule has 1 amide bonds. The van der Waals surface area contributed by atoms with Crippen molar-refractivity contribution in [2.24, 2.45) is 0 Å². The molecule has 0 saturated carbocycles. The van der Waals surface area contributed by atoms with Gasteiger partial charge in [-0.15, -0.1) is 11.3 Å². The fourth-order valence-electron chi connectivity index (χ4n) is 2.75. The van der Waals surface area contributed by atoms with Crippen molar-refractivity contribution in [2.75, 3.05) is 26.6 Å². The number of aromatic nitrogens is 1. The molecular formula is C20H21N3O5S2. The van der Waals surface area contributed by atoms with E-state index >= 15 is 0 Å². The highest BCUT2D eigenvalue weighted by molar-refractivity contribution is 7.89. The second-order valence-corrected chi connectivity index (χ2v) is 8.96. The molecule has 1 heterocycles. The Kier molecular flexibility index (Phi) is 6.40. The van der Waals surface area contributed by atoms with Gasteiger partial charge in [0.05, 0.1) is 19.1 Å². The number of nitrogens with zero attached hydrogens (tertiary/aromatic N) is 1. The Morgan fingerprint density at radius 1 is 1.07 bits per heavy atom. The van der Waals surface area contributed by atoms with Crippen molar-refractivity contribution in [3.63, 3.8) is 0 Å². The van der Waals surface area contributed by atoms with Crippen LogP contribution < -0.4 is 19.5 Å². The molecule has 2 aromatic carbocycles. The number of aryl methyl sites for hydroxylation is 1. The Labute approximate surface area is 178 Å². The lowest BCUT2D eigenvalue weighted by Crippen LogP contribution is -2.20. The van der Waals surface area contributed by atoms with E-state index in [0.29, 0.717) is 27.8 Å². The number of ether oxygens (including phenoxy) is 2. The van der Waals surface area contributed by atoms with Crippen molar-refractivity contribution in [1.82, 2.24) is 9.71 Å². The number of nitrogens with one attached hydrogen (secondary N) is 2. The molecule has 0 fully saturated rings. The number of carbonyl (C=O) groups excluding carboxylic acids is 1. The van der Waals surface area contributed by atoms with E-state index in [0.717, 1.165) is 5.56 Å². The summed E-state index contributed by atoms with van der Waals surface area (Å²) in [4.78, 5) is 17.1. The van der Waals surface area contributed by atoms with Gasteiger partial charge in [0.15, 0.2) is 11.5 Å². The van der Waals surface area contributed by atoms with E-state index in [1.165, 1.54) is 24.5 Å². The van der Waals surface area contributed by atoms with Crippen molar-refractivity contribution in [3.8, 4) is 22.1 Å². The van der Waals surface area contributed by atoms with Gasteiger partial charge in [0, 0.05) is 16.6 Å². The highest BCUT2D eigenvalue weighted by Crippen LogP contribution is 2.33. The second-order valence-electron chi connectivity index (χ2n) is 6.25. The summed E-state index contributed by atoms with van der Waals surface area (Å²) in [6.07, 6.45) is 0. The molecule has 0 bridgehead atoms. The third kappa shape index (κ3) is 4.45. The van der Waals surface area contributed by atoms with Gasteiger partial charge in [-0.1, -0.05) is 6.07 Å². The zero-order valence-corrected chi connectivity index (χ0v) is 18.5. The van der Waals surface area contributed by atoms with Crippen LogP contribution in [-0.4, -0.2) is 40.6 Å². The Hall–Kier alpha value is -2.95. The van der Waals surface area contributed by atoms with E-state index in [2.05, 4.69) is 15.0 Å². The molecule has 0 spiro atoms. The van der Waals surface area contributed by atoms with E-state index in [4.69, 9.17) is 9.47 Å². The van der Waals surface area contributed by atoms with Crippen molar-refractivity contribution in [3.05, 3.63) is 53.0 Å². The van der Waals surface area contributed by atoms with Crippen LogP contribution in [0.1, 0.15) is 16.1 Å². The quantitative estimate of drug-likeness (QED) is 0.576. The third-order valence-electron chi connectivity index (χ3n) is 4.37. The van der Waals surface area contributed by atoms with Gasteiger partial charge in [-0.2, -0.15) is 0 Å². The summed E-state index contributed by atoms with van der Waals surface area (Å²) in [5.41, 5.74) is 1.95. The molecule has 0 aliphatic carbocycles. The second kappa shape index (κ2) is 8.82. The van der Waals surface area contributed by atoms with Crippen LogP contribution in [0, 0.1) is 6.92 Å². The fourth-order valence-corrected chi connectivity index (χ4v) is 4.54. The molecule has 158 valence electrons. The molecule has 30 heavy (non-hydrogen) atoms. The number of benzene rings is 2. The van der Waals surface area contributed by atoms with Crippen molar-refractivity contribution in [1.29, 1.82) is 0 Å². The van der Waals surface area contributed by atoms with E-state index in [9.17, 15) is 13.2 Å². The van der Waals surface area contributed by atoms with E-state index < -0.39 is 15.9 Å². The Morgan fingerprint density at radius 2 is 1.80 bits per heavy atom. The standard InChI is InChI=1S/C20H21N3O5S2/c1-12-5-7-14(10-18(12)30(25,26)21-2)22-19(24)15-11-29-20(23-15)13-6-8-16(27-3)17(9-13)28-4/h5-11,21H,1-4H3,(H,22,24). The number of methoxy groups -OCH3 is 2. The largest absolute Gasteiger partial charge is 0.493 e. The number of carbonyl (C=O) groups is 1. The molecule has 1 aromatic heterocycles. The Balaban J connectivity index is 1.83. The monoisotopic (exact) mass is 447 g/mol. The predicted octanol–water partition coefficient (Wildman–Crippen LogP) is 3.30. The van der Waals surface area contributed by atoms with Gasteiger partial charge in [0.1, 0.15) is 10.7 Å². The van der Waals surface area contributed by atoms with E-state index in [1.54, 1.807) is 50.8 Å². The van der Waals surface area contributed by atoms with E-state index in [-0.39, 0.29) is 10.6 Å². The summed E-state index contributed by atoms with van der Waals surface area (Å²) < 4.78 is 37.1. The summed E-state index contributed by atoms with van der Waals surface area (Å²) >= 11 is 1.31. The van der Waals surface area contributed by atoms with Crippen LogP contribution in [0.15, 0.2) is 46.7 Å². The predicted molar refractivity (Wildman–Crippen MR) is 116 cm³/mol. The number of amides is 1. The molecule has 0 saturated heterocycles. The van der Waals surface area contributed by atoms with Gasteiger partial charge in [-0.05, 0) is 49.9 Å². The highest BCUT2D eigenvalue weighted by Gasteiger charge is 2.18. The van der Waals surface area contributed by atoms with Crippen LogP contribution in [0.5, 0.6) is 11.5 Å². The van der Waals surface area contributed by atoms with Crippen molar-refractivity contribution >= 4 is 33.0 Å². The first-order chi connectivity index (χ1) is 14.3. The van der Waals surface area contributed by atoms with Gasteiger partial charge >= 0.3 is 0 Å². The SMILES string of the molecule is CNS(=O)(=O)c1cc(NC(=O)c2csc(-c3ccc(OC)c(OC)c3)n2)ccc1C. The Morgan fingerprint density at radius 3 is 2.47 bits per heavy atom. The summed E-state index contributed by atoms with van der Waals surface area (Å²) in [7, 11) is 0.810. The van der Waals surface area contributed by atoms with Gasteiger partial charge in [0.2, 0.25) is 10.0 Å². The van der Waals surface area contributed by atoms with Crippen LogP contribution in [-0.2, 0) is 10.0 Å². The molecule has 10 heteroatoms. The fraction of sp³-hybridized carbons (Fsp3) is 0.200. The normalized spacial score (nSPS) is 11.2. The molecule has 0 atom stereocenters. The molecule has 0 aliphatic heterocycles. The first-order valence-electron chi connectivity index (χ1n) is 8.82. The number of rotatable bonds is 7. The number of hydrogen-bond donors (Lipinski definition) is 2. The van der Waals surface area contributed by atoms with Crippen LogP contribution in [0.3, 0.4) is 0 Å². The number of anilines is 1. The van der Waals surface area contributed by atoms with E-state index in [1.807, 2.05) is 6.07 Å². The van der Waals surface area contributed by atoms with Gasteiger partial charge in [0.25, 0.3) is 5.91 Å². The molecule has 3 aromatic rings. The van der Waals surface area contributed by atoms with Gasteiger partial charge in [-0.3, -0.25) is 4.79 Å². The van der Waals surface area contributed by atoms with Crippen LogP contribution in [0.4, 0.5) is 5.69 Å². The number of hydrogen-bond acceptors (Lipinski definition) is 7. The van der Waals surface area contributed by atoms with Gasteiger partial charge in [-0.25, -0.2) is 18.1 Å². The average Bonchev–Trinajstić information content (AvgIpc) is 3.25. The van der Waals surface area contributed by atoms with Gasteiger partial charge < -0.3 is 14.8 Å². The first-order valence-corrected chi connectivity index (χ1v) is 11.2. The van der Waals surface area contributed by atoms with Crippen LogP contribution in [0.2, 0.25) is 0 Å². The smallest absolute Gasteiger partial charge is 0.275 e. The summed E-state index contributed by atoms with van der Waals surface area (Å²) in [5.74, 6) is 0.728. The molecule has 8 nitrogen and oxygen atoms in total. The van der Waals surface area contributed by atoms with Crippen LogP contribution in [0.25, 0.3) is 10.6 Å². The maximum Gasteiger partial charge on any atom is 0.275 e. The maximum atomic E-state index is 12.6. The molecule has 0 aliphatic rings. The third-order valence-corrected chi connectivity index (χ3v) is 6.82. The topological polar surface area (TPSA) is 107 Å². The van der Waals surface area contributed by atoms with Crippen molar-refractivity contribution < 1.29 is 22.7 Å².